The number of carbonyl (C=O) groups is 2. The third kappa shape index (κ3) is 8.63. The van der Waals surface area contributed by atoms with Gasteiger partial charge < -0.3 is 0 Å². The molecule has 0 aromatic carbocycles. The molecular formula is C20H38N2O4. The lowest BCUT2D eigenvalue weighted by Crippen LogP contribution is -2.33. The van der Waals surface area contributed by atoms with E-state index in [0.717, 1.165) is 12.8 Å². The Labute approximate surface area is 159 Å². The predicted octanol–water partition coefficient (Wildman–Crippen LogP) is 3.71. The van der Waals surface area contributed by atoms with Crippen LogP contribution < -0.4 is 0 Å². The average Bonchev–Trinajstić information content (AvgIpc) is 2.67. The van der Waals surface area contributed by atoms with Gasteiger partial charge in [-0.2, -0.15) is 0 Å². The number of hydrogen-bond acceptors (Lipinski definition) is 4. The minimum atomic E-state index is -0.0625. The molecule has 0 aliphatic rings. The van der Waals surface area contributed by atoms with Crippen LogP contribution in [-0.4, -0.2) is 50.3 Å². The maximum Gasteiger partial charge on any atom is 0.249 e. The molecule has 0 aliphatic heterocycles. The summed E-state index contributed by atoms with van der Waals surface area (Å²) >= 11 is 0. The molecule has 0 aromatic heterocycles. The monoisotopic (exact) mass is 370 g/mol. The van der Waals surface area contributed by atoms with Gasteiger partial charge in [0.2, 0.25) is 11.8 Å². The molecule has 0 bridgehead atoms. The first-order valence-corrected chi connectivity index (χ1v) is 9.04. The molecule has 0 saturated heterocycles. The first kappa shape index (κ1) is 26.6. The van der Waals surface area contributed by atoms with Gasteiger partial charge in [0.15, 0.2) is 0 Å². The Morgan fingerprint density at radius 2 is 1.12 bits per heavy atom. The molecule has 6 heteroatoms. The molecule has 0 fully saturated rings. The number of nitrogens with zero attached hydrogens (tertiary/aromatic N) is 2. The fourth-order valence-corrected chi connectivity index (χ4v) is 2.57. The molecule has 6 nitrogen and oxygen atoms in total. The van der Waals surface area contributed by atoms with Crippen LogP contribution in [0.1, 0.15) is 40.5 Å². The quantitative estimate of drug-likeness (QED) is 0.434. The van der Waals surface area contributed by atoms with Crippen molar-refractivity contribution in [2.24, 2.45) is 23.7 Å². The Balaban J connectivity index is 0. The molecule has 2 amide bonds. The molecule has 0 spiro atoms. The third-order valence-electron chi connectivity index (χ3n) is 4.78. The van der Waals surface area contributed by atoms with E-state index in [1.807, 2.05) is 39.8 Å². The molecule has 0 aromatic rings. The van der Waals surface area contributed by atoms with Gasteiger partial charge in [-0.3, -0.25) is 19.3 Å². The summed E-state index contributed by atoms with van der Waals surface area (Å²) in [7, 11) is 6.21. The standard InChI is InChI=1S/2C10H19NO2/c2*1-6-9(7-2)8(3)10(12)11(4)13-5/h2*6,8-9H,1,7H2,2-5H3/t2*8-,9+/m10/s1. The topological polar surface area (TPSA) is 59.1 Å². The Hall–Kier alpha value is -1.66. The summed E-state index contributed by atoms with van der Waals surface area (Å²) in [4.78, 5) is 32.8. The van der Waals surface area contributed by atoms with Crippen molar-refractivity contribution in [1.29, 1.82) is 0 Å². The van der Waals surface area contributed by atoms with E-state index in [2.05, 4.69) is 13.2 Å². The molecule has 0 aliphatic carbocycles. The highest BCUT2D eigenvalue weighted by molar-refractivity contribution is 5.78. The number of allylic oxidation sites excluding steroid dienone is 2. The van der Waals surface area contributed by atoms with Crippen LogP contribution in [0, 0.1) is 23.7 Å². The van der Waals surface area contributed by atoms with Crippen LogP contribution in [-0.2, 0) is 19.3 Å². The molecule has 0 saturated carbocycles. The molecule has 0 N–H and O–H groups in total. The summed E-state index contributed by atoms with van der Waals surface area (Å²) in [5.41, 5.74) is 0. The minimum absolute atomic E-state index is 0.00532. The maximum absolute atomic E-state index is 11.6. The molecule has 0 unspecified atom stereocenters. The first-order chi connectivity index (χ1) is 12.2. The highest BCUT2D eigenvalue weighted by Crippen LogP contribution is 2.19. The lowest BCUT2D eigenvalue weighted by atomic mass is 9.91. The molecule has 26 heavy (non-hydrogen) atoms. The Bertz CT molecular complexity index is 400. The van der Waals surface area contributed by atoms with E-state index < -0.39 is 0 Å². The SMILES string of the molecule is C=C[C@@H](CC)[C@@H](C)C(=O)N(C)OC.C=C[C@H](CC)[C@H](C)C(=O)N(C)OC. The van der Waals surface area contributed by atoms with Gasteiger partial charge in [0.1, 0.15) is 0 Å². The van der Waals surface area contributed by atoms with E-state index in [1.165, 1.54) is 24.3 Å². The lowest BCUT2D eigenvalue weighted by molar-refractivity contribution is -0.174. The van der Waals surface area contributed by atoms with Crippen molar-refractivity contribution >= 4 is 11.8 Å². The number of hydroxylamine groups is 4. The zero-order valence-corrected chi connectivity index (χ0v) is 17.8. The van der Waals surface area contributed by atoms with Gasteiger partial charge >= 0.3 is 0 Å². The third-order valence-corrected chi connectivity index (χ3v) is 4.78. The number of carbonyl (C=O) groups excluding carboxylic acids is 2. The van der Waals surface area contributed by atoms with Crippen LogP contribution in [0.3, 0.4) is 0 Å². The van der Waals surface area contributed by atoms with Crippen molar-refractivity contribution in [1.82, 2.24) is 10.1 Å². The van der Waals surface area contributed by atoms with E-state index in [1.54, 1.807) is 14.1 Å². The highest BCUT2D eigenvalue weighted by Gasteiger charge is 2.24. The van der Waals surface area contributed by atoms with Crippen LogP contribution >= 0.6 is 0 Å². The largest absolute Gasteiger partial charge is 0.275 e. The van der Waals surface area contributed by atoms with E-state index in [4.69, 9.17) is 9.68 Å². The molecule has 152 valence electrons. The second-order valence-electron chi connectivity index (χ2n) is 6.23. The Kier molecular flexibility index (Phi) is 14.8. The van der Waals surface area contributed by atoms with Crippen molar-refractivity contribution in [2.75, 3.05) is 28.3 Å². The van der Waals surface area contributed by atoms with Gasteiger partial charge in [-0.15, -0.1) is 13.2 Å². The van der Waals surface area contributed by atoms with E-state index in [-0.39, 0.29) is 35.5 Å². The summed E-state index contributed by atoms with van der Waals surface area (Å²) in [6, 6.07) is 0. The summed E-state index contributed by atoms with van der Waals surface area (Å²) in [6.07, 6.45) is 5.50. The number of rotatable bonds is 10. The van der Waals surface area contributed by atoms with Crippen molar-refractivity contribution in [3.05, 3.63) is 25.3 Å². The average molecular weight is 371 g/mol. The molecular weight excluding hydrogens is 332 g/mol. The van der Waals surface area contributed by atoms with Gasteiger partial charge in [0, 0.05) is 25.9 Å². The van der Waals surface area contributed by atoms with E-state index >= 15 is 0 Å². The van der Waals surface area contributed by atoms with Gasteiger partial charge in [-0.1, -0.05) is 39.8 Å². The first-order valence-electron chi connectivity index (χ1n) is 9.04. The van der Waals surface area contributed by atoms with E-state index in [0.29, 0.717) is 0 Å². The van der Waals surface area contributed by atoms with Crippen molar-refractivity contribution in [3.8, 4) is 0 Å². The Morgan fingerprint density at radius 3 is 1.27 bits per heavy atom. The van der Waals surface area contributed by atoms with Crippen LogP contribution in [0.5, 0.6) is 0 Å². The van der Waals surface area contributed by atoms with Crippen LogP contribution in [0.15, 0.2) is 25.3 Å². The summed E-state index contributed by atoms with van der Waals surface area (Å²) in [5, 5.41) is 2.52. The number of amides is 2. The van der Waals surface area contributed by atoms with Gasteiger partial charge in [-0.05, 0) is 24.7 Å². The predicted molar refractivity (Wildman–Crippen MR) is 106 cm³/mol. The van der Waals surface area contributed by atoms with Crippen LogP contribution in [0.25, 0.3) is 0 Å². The van der Waals surface area contributed by atoms with Gasteiger partial charge in [0.25, 0.3) is 0 Å². The van der Waals surface area contributed by atoms with Gasteiger partial charge in [0.05, 0.1) is 14.2 Å². The summed E-state index contributed by atoms with van der Waals surface area (Å²) < 4.78 is 0. The second kappa shape index (κ2) is 14.5. The smallest absolute Gasteiger partial charge is 0.249 e. The molecule has 0 rings (SSSR count). The molecule has 0 radical (unpaired) electrons. The maximum atomic E-state index is 11.6. The van der Waals surface area contributed by atoms with Gasteiger partial charge in [-0.25, -0.2) is 10.1 Å². The van der Waals surface area contributed by atoms with E-state index in [9.17, 15) is 9.59 Å². The fraction of sp³-hybridized carbons (Fsp3) is 0.700. The molecule has 0 heterocycles. The number of hydrogen-bond donors (Lipinski definition) is 0. The second-order valence-corrected chi connectivity index (χ2v) is 6.23. The van der Waals surface area contributed by atoms with Crippen molar-refractivity contribution < 1.29 is 19.3 Å². The minimum Gasteiger partial charge on any atom is -0.275 e. The van der Waals surface area contributed by atoms with Crippen LogP contribution in [0.4, 0.5) is 0 Å². The fourth-order valence-electron chi connectivity index (χ4n) is 2.57. The Morgan fingerprint density at radius 1 is 0.846 bits per heavy atom. The zero-order valence-electron chi connectivity index (χ0n) is 17.8. The molecule has 4 atom stereocenters. The van der Waals surface area contributed by atoms with Crippen molar-refractivity contribution in [3.63, 3.8) is 0 Å². The summed E-state index contributed by atoms with van der Waals surface area (Å²) in [5.74, 6) is 0.318. The van der Waals surface area contributed by atoms with Crippen LogP contribution in [0.2, 0.25) is 0 Å². The normalized spacial score (nSPS) is 14.8. The highest BCUT2D eigenvalue weighted by atomic mass is 16.7. The lowest BCUT2D eigenvalue weighted by Gasteiger charge is -2.22. The zero-order chi connectivity index (χ0) is 20.9. The van der Waals surface area contributed by atoms with Crippen molar-refractivity contribution in [2.45, 2.75) is 40.5 Å². The summed E-state index contributed by atoms with van der Waals surface area (Å²) in [6.45, 7) is 15.3.